The van der Waals surface area contributed by atoms with E-state index in [-0.39, 0.29) is 24.0 Å². The van der Waals surface area contributed by atoms with E-state index in [1.165, 1.54) is 0 Å². The SMILES string of the molecule is NC1CC2CCC(C1)N2C(=O)c1cc(Cl)c(Cl)[nH]1. The van der Waals surface area contributed by atoms with Gasteiger partial charge in [-0.25, -0.2) is 0 Å². The van der Waals surface area contributed by atoms with Gasteiger partial charge in [0.05, 0.1) is 5.02 Å². The van der Waals surface area contributed by atoms with E-state index in [1.54, 1.807) is 6.07 Å². The molecular weight excluding hydrogens is 273 g/mol. The predicted octanol–water partition coefficient (Wildman–Crippen LogP) is 2.42. The molecule has 2 bridgehead atoms. The Morgan fingerprint density at radius 3 is 2.44 bits per heavy atom. The van der Waals surface area contributed by atoms with Gasteiger partial charge in [0.25, 0.3) is 5.91 Å². The van der Waals surface area contributed by atoms with Crippen molar-refractivity contribution >= 4 is 29.1 Å². The molecule has 0 spiro atoms. The molecule has 2 saturated heterocycles. The lowest BCUT2D eigenvalue weighted by molar-refractivity contribution is 0.0569. The van der Waals surface area contributed by atoms with Crippen LogP contribution in [0.1, 0.15) is 36.2 Å². The highest BCUT2D eigenvalue weighted by atomic mass is 35.5. The Bertz CT molecular complexity index is 454. The summed E-state index contributed by atoms with van der Waals surface area (Å²) in [4.78, 5) is 17.3. The van der Waals surface area contributed by atoms with Gasteiger partial charge in [0.1, 0.15) is 10.8 Å². The molecule has 4 nitrogen and oxygen atoms in total. The molecule has 2 fully saturated rings. The number of nitrogens with zero attached hydrogens (tertiary/aromatic N) is 1. The van der Waals surface area contributed by atoms with Crippen molar-refractivity contribution in [2.75, 3.05) is 0 Å². The molecule has 2 atom stereocenters. The van der Waals surface area contributed by atoms with Gasteiger partial charge in [0, 0.05) is 18.1 Å². The van der Waals surface area contributed by atoms with Crippen molar-refractivity contribution in [3.63, 3.8) is 0 Å². The Balaban J connectivity index is 1.85. The molecule has 2 unspecified atom stereocenters. The van der Waals surface area contributed by atoms with E-state index in [1.807, 2.05) is 4.90 Å². The van der Waals surface area contributed by atoms with Crippen LogP contribution in [0, 0.1) is 0 Å². The number of carbonyl (C=O) groups is 1. The van der Waals surface area contributed by atoms with E-state index in [9.17, 15) is 4.79 Å². The standard InChI is InChI=1S/C12H15Cl2N3O/c13-9-5-10(16-11(9)14)12(18)17-7-1-2-8(17)4-6(15)3-7/h5-8,16H,1-4,15H2. The summed E-state index contributed by atoms with van der Waals surface area (Å²) in [5, 5.41) is 0.710. The molecule has 18 heavy (non-hydrogen) atoms. The van der Waals surface area contributed by atoms with E-state index < -0.39 is 0 Å². The fourth-order valence-electron chi connectivity index (χ4n) is 3.21. The highest BCUT2D eigenvalue weighted by Crippen LogP contribution is 2.36. The van der Waals surface area contributed by atoms with Crippen molar-refractivity contribution < 1.29 is 4.79 Å². The first-order valence-corrected chi connectivity index (χ1v) is 6.94. The summed E-state index contributed by atoms with van der Waals surface area (Å²) in [5.74, 6) is -0.0109. The van der Waals surface area contributed by atoms with Gasteiger partial charge in [-0.05, 0) is 31.7 Å². The van der Waals surface area contributed by atoms with E-state index in [0.717, 1.165) is 25.7 Å². The molecule has 3 heterocycles. The second-order valence-electron chi connectivity index (χ2n) is 5.17. The normalized spacial score (nSPS) is 30.8. The molecule has 3 rings (SSSR count). The molecule has 2 aliphatic rings. The van der Waals surface area contributed by atoms with Gasteiger partial charge in [0.2, 0.25) is 0 Å². The highest BCUT2D eigenvalue weighted by Gasteiger charge is 2.42. The average Bonchev–Trinajstić information content (AvgIpc) is 2.78. The predicted molar refractivity (Wildman–Crippen MR) is 71.0 cm³/mol. The van der Waals surface area contributed by atoms with Crippen molar-refractivity contribution in [3.05, 3.63) is 21.9 Å². The number of piperidine rings is 1. The fourth-order valence-corrected chi connectivity index (χ4v) is 3.52. The number of hydrogen-bond acceptors (Lipinski definition) is 2. The first kappa shape index (κ1) is 12.3. The number of aromatic nitrogens is 1. The average molecular weight is 288 g/mol. The van der Waals surface area contributed by atoms with E-state index in [4.69, 9.17) is 28.9 Å². The maximum Gasteiger partial charge on any atom is 0.270 e. The second kappa shape index (κ2) is 4.44. The van der Waals surface area contributed by atoms with Gasteiger partial charge in [-0.15, -0.1) is 0 Å². The van der Waals surface area contributed by atoms with Crippen molar-refractivity contribution in [3.8, 4) is 0 Å². The number of rotatable bonds is 1. The topological polar surface area (TPSA) is 62.1 Å². The number of halogens is 2. The number of nitrogens with one attached hydrogen (secondary N) is 1. The Morgan fingerprint density at radius 2 is 1.94 bits per heavy atom. The van der Waals surface area contributed by atoms with Crippen LogP contribution >= 0.6 is 23.2 Å². The van der Waals surface area contributed by atoms with Gasteiger partial charge in [0.15, 0.2) is 0 Å². The molecule has 0 aromatic carbocycles. The molecule has 6 heteroatoms. The third-order valence-electron chi connectivity index (χ3n) is 3.96. The molecule has 2 aliphatic heterocycles. The lowest BCUT2D eigenvalue weighted by Gasteiger charge is -2.37. The number of fused-ring (bicyclic) bond motifs is 2. The maximum atomic E-state index is 12.5. The molecular formula is C12H15Cl2N3O. The first-order valence-electron chi connectivity index (χ1n) is 6.18. The summed E-state index contributed by atoms with van der Waals surface area (Å²) in [5.41, 5.74) is 6.47. The summed E-state index contributed by atoms with van der Waals surface area (Å²) >= 11 is 11.7. The van der Waals surface area contributed by atoms with Gasteiger partial charge in [-0.1, -0.05) is 23.2 Å². The number of amides is 1. The van der Waals surface area contributed by atoms with E-state index in [0.29, 0.717) is 15.9 Å². The molecule has 1 aromatic rings. The molecule has 1 amide bonds. The zero-order valence-corrected chi connectivity index (χ0v) is 11.3. The minimum Gasteiger partial charge on any atom is -0.340 e. The lowest BCUT2D eigenvalue weighted by Crippen LogP contribution is -2.50. The number of hydrogen-bond donors (Lipinski definition) is 2. The minimum atomic E-state index is -0.0109. The van der Waals surface area contributed by atoms with Crippen LogP contribution in [0.5, 0.6) is 0 Å². The third kappa shape index (κ3) is 1.92. The number of carbonyl (C=O) groups excluding carboxylic acids is 1. The van der Waals surface area contributed by atoms with Crippen LogP contribution < -0.4 is 5.73 Å². The van der Waals surface area contributed by atoms with Crippen LogP contribution in [0.2, 0.25) is 10.2 Å². The minimum absolute atomic E-state index is 0.0109. The zero-order chi connectivity index (χ0) is 12.9. The van der Waals surface area contributed by atoms with Crippen LogP contribution in [0.15, 0.2) is 6.07 Å². The van der Waals surface area contributed by atoms with Crippen molar-refractivity contribution in [1.29, 1.82) is 0 Å². The first-order chi connectivity index (χ1) is 8.56. The smallest absolute Gasteiger partial charge is 0.270 e. The van der Waals surface area contributed by atoms with Crippen LogP contribution in [0.4, 0.5) is 0 Å². The number of nitrogens with two attached hydrogens (primary N) is 1. The van der Waals surface area contributed by atoms with Crippen LogP contribution in [-0.2, 0) is 0 Å². The summed E-state index contributed by atoms with van der Waals surface area (Å²) in [6, 6.07) is 2.36. The number of H-pyrrole nitrogens is 1. The molecule has 0 saturated carbocycles. The summed E-state index contributed by atoms with van der Waals surface area (Å²) in [6.07, 6.45) is 3.88. The lowest BCUT2D eigenvalue weighted by atomic mass is 9.98. The Hall–Kier alpha value is -0.710. The maximum absolute atomic E-state index is 12.5. The van der Waals surface area contributed by atoms with Crippen molar-refractivity contribution in [1.82, 2.24) is 9.88 Å². The Kier molecular flexibility index (Phi) is 3.04. The molecule has 98 valence electrons. The zero-order valence-electron chi connectivity index (χ0n) is 9.83. The number of aromatic amines is 1. The van der Waals surface area contributed by atoms with Crippen LogP contribution in [0.25, 0.3) is 0 Å². The van der Waals surface area contributed by atoms with Gasteiger partial charge in [-0.3, -0.25) is 4.79 Å². The van der Waals surface area contributed by atoms with Gasteiger partial charge in [-0.2, -0.15) is 0 Å². The van der Waals surface area contributed by atoms with Gasteiger partial charge < -0.3 is 15.6 Å². The monoisotopic (exact) mass is 287 g/mol. The van der Waals surface area contributed by atoms with E-state index >= 15 is 0 Å². The Morgan fingerprint density at radius 1 is 1.33 bits per heavy atom. The second-order valence-corrected chi connectivity index (χ2v) is 5.96. The van der Waals surface area contributed by atoms with Crippen LogP contribution in [-0.4, -0.2) is 33.9 Å². The quantitative estimate of drug-likeness (QED) is 0.833. The van der Waals surface area contributed by atoms with Crippen LogP contribution in [0.3, 0.4) is 0 Å². The third-order valence-corrected chi connectivity index (χ3v) is 4.65. The molecule has 1 aromatic heterocycles. The summed E-state index contributed by atoms with van der Waals surface area (Å²) < 4.78 is 0. The van der Waals surface area contributed by atoms with Crippen molar-refractivity contribution in [2.45, 2.75) is 43.8 Å². The van der Waals surface area contributed by atoms with Gasteiger partial charge >= 0.3 is 0 Å². The molecule has 0 aliphatic carbocycles. The molecule has 3 N–H and O–H groups in total. The highest BCUT2D eigenvalue weighted by molar-refractivity contribution is 6.41. The Labute approximate surface area is 115 Å². The molecule has 0 radical (unpaired) electrons. The summed E-state index contributed by atoms with van der Waals surface area (Å²) in [6.45, 7) is 0. The fraction of sp³-hybridized carbons (Fsp3) is 0.583. The summed E-state index contributed by atoms with van der Waals surface area (Å²) in [7, 11) is 0. The van der Waals surface area contributed by atoms with Crippen molar-refractivity contribution in [2.24, 2.45) is 5.73 Å². The van der Waals surface area contributed by atoms with E-state index in [2.05, 4.69) is 4.98 Å². The largest absolute Gasteiger partial charge is 0.340 e.